The van der Waals surface area contributed by atoms with E-state index in [-0.39, 0.29) is 10.6 Å². The van der Waals surface area contributed by atoms with Crippen molar-refractivity contribution < 1.29 is 27.1 Å². The smallest absolute Gasteiger partial charge is 0.327 e. The third-order valence-electron chi connectivity index (χ3n) is 3.16. The van der Waals surface area contributed by atoms with Crippen molar-refractivity contribution in [2.24, 2.45) is 0 Å². The van der Waals surface area contributed by atoms with E-state index in [1.807, 2.05) is 0 Å². The van der Waals surface area contributed by atoms with Gasteiger partial charge in [-0.05, 0) is 55.5 Å². The van der Waals surface area contributed by atoms with E-state index in [1.54, 1.807) is 0 Å². The van der Waals surface area contributed by atoms with Crippen LogP contribution in [-0.4, -0.2) is 25.5 Å². The van der Waals surface area contributed by atoms with Crippen LogP contribution in [0.3, 0.4) is 0 Å². The fraction of sp³-hybridized carbons (Fsp3) is 0.133. The van der Waals surface area contributed by atoms with Crippen molar-refractivity contribution in [3.63, 3.8) is 0 Å². The molecule has 0 amide bonds. The highest BCUT2D eigenvalue weighted by molar-refractivity contribution is 7.92. The molecule has 0 heterocycles. The first-order valence-corrected chi connectivity index (χ1v) is 7.96. The van der Waals surface area contributed by atoms with Gasteiger partial charge in [0.15, 0.2) is 0 Å². The summed E-state index contributed by atoms with van der Waals surface area (Å²) in [7, 11) is -4.26. The van der Waals surface area contributed by atoms with Crippen LogP contribution in [0.4, 0.5) is 14.5 Å². The number of sulfonamides is 1. The van der Waals surface area contributed by atoms with Crippen molar-refractivity contribution in [1.82, 2.24) is 0 Å². The lowest BCUT2D eigenvalue weighted by atomic mass is 10.2. The number of hydrogen-bond acceptors (Lipinski definition) is 3. The van der Waals surface area contributed by atoms with Gasteiger partial charge in [-0.25, -0.2) is 22.0 Å². The normalized spacial score (nSPS) is 12.7. The van der Waals surface area contributed by atoms with E-state index in [4.69, 9.17) is 0 Å². The predicted octanol–water partition coefficient (Wildman–Crippen LogP) is 2.63. The van der Waals surface area contributed by atoms with Gasteiger partial charge in [0, 0.05) is 0 Å². The van der Waals surface area contributed by atoms with E-state index in [0.717, 1.165) is 48.5 Å². The number of hydrogen-bond donors (Lipinski definition) is 1. The summed E-state index contributed by atoms with van der Waals surface area (Å²) >= 11 is 0. The maximum absolute atomic E-state index is 13.0. The Morgan fingerprint density at radius 2 is 1.43 bits per heavy atom. The van der Waals surface area contributed by atoms with Crippen LogP contribution < -0.4 is 4.31 Å². The molecule has 0 fully saturated rings. The van der Waals surface area contributed by atoms with Gasteiger partial charge in [0.25, 0.3) is 10.0 Å². The zero-order valence-corrected chi connectivity index (χ0v) is 12.8. The van der Waals surface area contributed by atoms with E-state index in [0.29, 0.717) is 4.31 Å². The summed E-state index contributed by atoms with van der Waals surface area (Å²) in [6.07, 6.45) is 0. The highest BCUT2D eigenvalue weighted by Crippen LogP contribution is 2.26. The first-order valence-electron chi connectivity index (χ1n) is 6.52. The molecule has 1 N–H and O–H groups in total. The van der Waals surface area contributed by atoms with Crippen LogP contribution >= 0.6 is 0 Å². The molecule has 1 unspecified atom stereocenters. The molecular formula is C15H13F2NO4S. The third kappa shape index (κ3) is 3.48. The van der Waals surface area contributed by atoms with Gasteiger partial charge < -0.3 is 5.11 Å². The first-order chi connectivity index (χ1) is 10.7. The number of anilines is 1. The fourth-order valence-corrected chi connectivity index (χ4v) is 3.59. The summed E-state index contributed by atoms with van der Waals surface area (Å²) in [5.74, 6) is -2.58. The van der Waals surface area contributed by atoms with Gasteiger partial charge in [-0.15, -0.1) is 0 Å². The Hall–Kier alpha value is -2.48. The number of carboxylic acids is 1. The molecule has 0 bridgehead atoms. The number of carbonyl (C=O) groups is 1. The molecule has 0 saturated carbocycles. The maximum Gasteiger partial charge on any atom is 0.327 e. The third-order valence-corrected chi connectivity index (χ3v) is 5.07. The summed E-state index contributed by atoms with van der Waals surface area (Å²) in [6, 6.07) is 6.93. The summed E-state index contributed by atoms with van der Waals surface area (Å²) < 4.78 is 52.1. The number of carboxylic acid groups (broad SMARTS) is 1. The van der Waals surface area contributed by atoms with Gasteiger partial charge in [0.1, 0.15) is 17.7 Å². The molecule has 8 heteroatoms. The van der Waals surface area contributed by atoms with Crippen molar-refractivity contribution in [1.29, 1.82) is 0 Å². The monoisotopic (exact) mass is 341 g/mol. The fourth-order valence-electron chi connectivity index (χ4n) is 1.98. The molecule has 0 spiro atoms. The second-order valence-electron chi connectivity index (χ2n) is 4.75. The lowest BCUT2D eigenvalue weighted by Gasteiger charge is -2.28. The van der Waals surface area contributed by atoms with E-state index in [9.17, 15) is 27.1 Å². The minimum absolute atomic E-state index is 0.00868. The summed E-state index contributed by atoms with van der Waals surface area (Å²) in [6.45, 7) is 1.19. The number of benzene rings is 2. The number of aliphatic carboxylic acids is 1. The SMILES string of the molecule is CC(C(=O)O)N(c1ccc(F)cc1)S(=O)(=O)c1ccc(F)cc1. The van der Waals surface area contributed by atoms with Crippen molar-refractivity contribution in [2.75, 3.05) is 4.31 Å². The van der Waals surface area contributed by atoms with E-state index < -0.39 is 33.7 Å². The average Bonchev–Trinajstić information content (AvgIpc) is 2.49. The standard InChI is InChI=1S/C15H13F2NO4S/c1-10(15(19)20)18(13-6-2-11(16)3-7-13)23(21,22)14-8-4-12(17)5-9-14/h2-10H,1H3,(H,19,20). The van der Waals surface area contributed by atoms with Crippen molar-refractivity contribution in [3.8, 4) is 0 Å². The molecule has 0 saturated heterocycles. The number of nitrogens with zero attached hydrogens (tertiary/aromatic N) is 1. The molecule has 1 atom stereocenters. The van der Waals surface area contributed by atoms with Crippen LogP contribution in [0.1, 0.15) is 6.92 Å². The number of halogens is 2. The lowest BCUT2D eigenvalue weighted by Crippen LogP contribution is -2.43. The summed E-state index contributed by atoms with van der Waals surface area (Å²) in [4.78, 5) is 11.0. The highest BCUT2D eigenvalue weighted by Gasteiger charge is 2.33. The summed E-state index contributed by atoms with van der Waals surface area (Å²) in [5.41, 5.74) is -0.00868. The van der Waals surface area contributed by atoms with Gasteiger partial charge >= 0.3 is 5.97 Å². The molecule has 23 heavy (non-hydrogen) atoms. The molecule has 0 aromatic heterocycles. The van der Waals surface area contributed by atoms with Crippen LogP contribution in [0.15, 0.2) is 53.4 Å². The van der Waals surface area contributed by atoms with Crippen LogP contribution in [0.2, 0.25) is 0 Å². The maximum atomic E-state index is 13.0. The Kier molecular flexibility index (Phi) is 4.65. The van der Waals surface area contributed by atoms with Crippen molar-refractivity contribution in [2.45, 2.75) is 17.9 Å². The predicted molar refractivity (Wildman–Crippen MR) is 79.6 cm³/mol. The molecular weight excluding hydrogens is 328 g/mol. The zero-order valence-electron chi connectivity index (χ0n) is 12.0. The van der Waals surface area contributed by atoms with Gasteiger partial charge in [0.05, 0.1) is 10.6 Å². The zero-order chi connectivity index (χ0) is 17.2. The Balaban J connectivity index is 2.58. The van der Waals surface area contributed by atoms with Gasteiger partial charge in [0.2, 0.25) is 0 Å². The quantitative estimate of drug-likeness (QED) is 0.907. The second kappa shape index (κ2) is 6.33. The van der Waals surface area contributed by atoms with Crippen LogP contribution in [0.5, 0.6) is 0 Å². The van der Waals surface area contributed by atoms with Crippen LogP contribution in [-0.2, 0) is 14.8 Å². The lowest BCUT2D eigenvalue weighted by molar-refractivity contribution is -0.137. The largest absolute Gasteiger partial charge is 0.480 e. The summed E-state index contributed by atoms with van der Waals surface area (Å²) in [5, 5.41) is 9.18. The number of rotatable bonds is 5. The Morgan fingerprint density at radius 3 is 1.87 bits per heavy atom. The molecule has 0 aliphatic heterocycles. The molecule has 2 aromatic carbocycles. The minimum atomic E-state index is -4.26. The van der Waals surface area contributed by atoms with Gasteiger partial charge in [-0.1, -0.05) is 0 Å². The Bertz CT molecular complexity index is 804. The van der Waals surface area contributed by atoms with Gasteiger partial charge in [-0.3, -0.25) is 4.31 Å². The Morgan fingerprint density at radius 1 is 1.00 bits per heavy atom. The average molecular weight is 341 g/mol. The Labute approximate surface area is 131 Å². The topological polar surface area (TPSA) is 74.7 Å². The van der Waals surface area contributed by atoms with E-state index in [1.165, 1.54) is 6.92 Å². The molecule has 2 aromatic rings. The highest BCUT2D eigenvalue weighted by atomic mass is 32.2. The van der Waals surface area contributed by atoms with E-state index >= 15 is 0 Å². The minimum Gasteiger partial charge on any atom is -0.480 e. The molecule has 0 radical (unpaired) electrons. The first kappa shape index (κ1) is 16.9. The second-order valence-corrected chi connectivity index (χ2v) is 6.56. The van der Waals surface area contributed by atoms with Crippen molar-refractivity contribution >= 4 is 21.7 Å². The molecule has 0 aliphatic rings. The van der Waals surface area contributed by atoms with Crippen LogP contribution in [0, 0.1) is 11.6 Å². The molecule has 0 aliphatic carbocycles. The van der Waals surface area contributed by atoms with Crippen molar-refractivity contribution in [3.05, 3.63) is 60.2 Å². The molecule has 2 rings (SSSR count). The molecule has 122 valence electrons. The van der Waals surface area contributed by atoms with Gasteiger partial charge in [-0.2, -0.15) is 0 Å². The van der Waals surface area contributed by atoms with Crippen LogP contribution in [0.25, 0.3) is 0 Å². The molecule has 5 nitrogen and oxygen atoms in total. The van der Waals surface area contributed by atoms with E-state index in [2.05, 4.69) is 0 Å².